The number of hydrogen-bond donors (Lipinski definition) is 6. The van der Waals surface area contributed by atoms with E-state index in [2.05, 4.69) is 10.3 Å². The molecule has 0 unspecified atom stereocenters. The minimum atomic E-state index is -1.81. The molecule has 6 N–H and O–H groups in total. The van der Waals surface area contributed by atoms with E-state index in [1.165, 1.54) is 24.3 Å². The Kier molecular flexibility index (Phi) is 9.64. The van der Waals surface area contributed by atoms with Crippen molar-refractivity contribution in [1.82, 2.24) is 9.55 Å². The normalized spacial score (nSPS) is 14.5. The van der Waals surface area contributed by atoms with Crippen molar-refractivity contribution in [1.29, 1.82) is 0 Å². The van der Waals surface area contributed by atoms with Crippen molar-refractivity contribution >= 4 is 11.6 Å². The van der Waals surface area contributed by atoms with Crippen LogP contribution in [0.3, 0.4) is 0 Å². The number of nitrogens with zero attached hydrogens (tertiary/aromatic N) is 2. The zero-order valence-corrected chi connectivity index (χ0v) is 22.7. The average molecular weight is 564 g/mol. The Morgan fingerprint density at radius 3 is 2.07 bits per heavy atom. The van der Waals surface area contributed by atoms with Gasteiger partial charge in [-0.1, -0.05) is 44.2 Å². The first-order valence-corrected chi connectivity index (χ1v) is 13.3. The van der Waals surface area contributed by atoms with E-state index in [1.807, 2.05) is 44.2 Å². The highest BCUT2D eigenvalue weighted by molar-refractivity contribution is 6.12. The molecule has 1 amide bonds. The summed E-state index contributed by atoms with van der Waals surface area (Å²) in [6.07, 6.45) is -3.67. The van der Waals surface area contributed by atoms with Crippen molar-refractivity contribution in [2.75, 3.05) is 11.9 Å². The number of aromatic nitrogens is 2. The fourth-order valence-corrected chi connectivity index (χ4v) is 4.94. The molecule has 2 heterocycles. The fourth-order valence-electron chi connectivity index (χ4n) is 4.94. The fraction of sp³-hybridized carbons (Fsp3) is 0.290. The summed E-state index contributed by atoms with van der Waals surface area (Å²) in [5.41, 5.74) is 3.78. The molecule has 0 aliphatic heterocycles. The summed E-state index contributed by atoms with van der Waals surface area (Å²) in [5, 5.41) is 53.9. The van der Waals surface area contributed by atoms with E-state index in [1.54, 1.807) is 29.1 Å². The quantitative estimate of drug-likeness (QED) is 0.164. The SMILES string of the molecule is CC(C)c1c(C(=O)Nc2ccc(F)cc2)c(-c2ccccc2)c(-c2ccncc2)n1C[C@H](O)[C@@H](O)[C@H](O)[C@@H](O)CO. The van der Waals surface area contributed by atoms with Gasteiger partial charge in [0.2, 0.25) is 0 Å². The highest BCUT2D eigenvalue weighted by Gasteiger charge is 2.35. The maximum Gasteiger partial charge on any atom is 0.258 e. The van der Waals surface area contributed by atoms with Gasteiger partial charge in [-0.05, 0) is 47.9 Å². The molecule has 0 fully saturated rings. The number of carbonyl (C=O) groups is 1. The standard InChI is InChI=1S/C31H34FN3O6/c1-18(2)27-26(31(41)34-22-10-8-21(32)9-11-22)25(19-6-4-3-5-7-19)28(20-12-14-33-15-13-20)35(27)16-23(37)29(39)30(40)24(38)17-36/h3-15,18,23-24,29-30,36-40H,16-17H2,1-2H3,(H,34,41)/t23-,24-,29+,30+/m0/s1. The summed E-state index contributed by atoms with van der Waals surface area (Å²) >= 11 is 0. The molecule has 0 bridgehead atoms. The molecule has 9 nitrogen and oxygen atoms in total. The number of halogens is 1. The van der Waals surface area contributed by atoms with E-state index < -0.39 is 42.7 Å². The summed E-state index contributed by atoms with van der Waals surface area (Å²) < 4.78 is 15.3. The molecule has 10 heteroatoms. The molecule has 216 valence electrons. The van der Waals surface area contributed by atoms with E-state index >= 15 is 0 Å². The summed E-state index contributed by atoms with van der Waals surface area (Å²) in [5.74, 6) is -1.17. The Balaban J connectivity index is 1.97. The van der Waals surface area contributed by atoms with Crippen LogP contribution in [0.15, 0.2) is 79.1 Å². The first kappa shape index (κ1) is 30.0. The lowest BCUT2D eigenvalue weighted by Gasteiger charge is -2.27. The summed E-state index contributed by atoms with van der Waals surface area (Å²) in [7, 11) is 0. The molecule has 41 heavy (non-hydrogen) atoms. The van der Waals surface area contributed by atoms with Crippen molar-refractivity contribution in [3.8, 4) is 22.4 Å². The second-order valence-electron chi connectivity index (χ2n) is 10.1. The number of amides is 1. The third kappa shape index (κ3) is 6.53. The van der Waals surface area contributed by atoms with Crippen molar-refractivity contribution in [2.24, 2.45) is 0 Å². The van der Waals surface area contributed by atoms with Crippen molar-refractivity contribution in [2.45, 2.75) is 50.7 Å². The van der Waals surface area contributed by atoms with Gasteiger partial charge in [0.1, 0.15) is 30.2 Å². The van der Waals surface area contributed by atoms with Crippen LogP contribution in [0.4, 0.5) is 10.1 Å². The molecule has 0 saturated carbocycles. The lowest BCUT2D eigenvalue weighted by atomic mass is 9.94. The van der Waals surface area contributed by atoms with Crippen LogP contribution in [0, 0.1) is 5.82 Å². The van der Waals surface area contributed by atoms with Crippen molar-refractivity contribution in [3.05, 3.63) is 96.2 Å². The van der Waals surface area contributed by atoms with Crippen molar-refractivity contribution < 1.29 is 34.7 Å². The van der Waals surface area contributed by atoms with Gasteiger partial charge in [-0.25, -0.2) is 4.39 Å². The number of rotatable bonds is 11. The highest BCUT2D eigenvalue weighted by atomic mass is 19.1. The number of anilines is 1. The predicted octanol–water partition coefficient (Wildman–Crippen LogP) is 3.17. The highest BCUT2D eigenvalue weighted by Crippen LogP contribution is 2.42. The van der Waals surface area contributed by atoms with Crippen LogP contribution >= 0.6 is 0 Å². The van der Waals surface area contributed by atoms with Crippen LogP contribution in [0.25, 0.3) is 22.4 Å². The molecule has 0 aliphatic carbocycles. The van der Waals surface area contributed by atoms with Gasteiger partial charge in [0, 0.05) is 34.9 Å². The van der Waals surface area contributed by atoms with Crippen LogP contribution in [0.5, 0.6) is 0 Å². The monoisotopic (exact) mass is 563 g/mol. The number of hydrogen-bond acceptors (Lipinski definition) is 7. The Labute approximate surface area is 237 Å². The minimum absolute atomic E-state index is 0.259. The summed E-state index contributed by atoms with van der Waals surface area (Å²) in [6, 6.07) is 18.2. The molecule has 0 aliphatic rings. The molecular formula is C31H34FN3O6. The van der Waals surface area contributed by atoms with Crippen LogP contribution < -0.4 is 5.32 Å². The Hall–Kier alpha value is -3.93. The topological polar surface area (TPSA) is 148 Å². The smallest absolute Gasteiger partial charge is 0.258 e. The molecule has 0 spiro atoms. The van der Waals surface area contributed by atoms with Crippen LogP contribution in [-0.2, 0) is 6.54 Å². The van der Waals surface area contributed by atoms with Gasteiger partial charge in [0.15, 0.2) is 0 Å². The molecule has 4 rings (SSSR count). The number of nitrogens with one attached hydrogen (secondary N) is 1. The zero-order chi connectivity index (χ0) is 29.7. The van der Waals surface area contributed by atoms with E-state index in [-0.39, 0.29) is 12.5 Å². The number of benzene rings is 2. The summed E-state index contributed by atoms with van der Waals surface area (Å²) in [4.78, 5) is 18.1. The maximum atomic E-state index is 14.0. The molecule has 0 radical (unpaired) electrons. The third-order valence-electron chi connectivity index (χ3n) is 6.89. The number of aliphatic hydroxyl groups is 5. The molecular weight excluding hydrogens is 529 g/mol. The second kappa shape index (κ2) is 13.2. The Morgan fingerprint density at radius 2 is 1.49 bits per heavy atom. The van der Waals surface area contributed by atoms with Gasteiger partial charge in [0.05, 0.1) is 24.4 Å². The van der Waals surface area contributed by atoms with Crippen molar-refractivity contribution in [3.63, 3.8) is 0 Å². The molecule has 4 atom stereocenters. The zero-order valence-electron chi connectivity index (χ0n) is 22.7. The van der Waals surface area contributed by atoms with Gasteiger partial charge in [-0.2, -0.15) is 0 Å². The maximum absolute atomic E-state index is 14.0. The van der Waals surface area contributed by atoms with Crippen LogP contribution in [0.2, 0.25) is 0 Å². The number of pyridine rings is 1. The molecule has 0 saturated heterocycles. The van der Waals surface area contributed by atoms with E-state index in [4.69, 9.17) is 0 Å². The van der Waals surface area contributed by atoms with Crippen LogP contribution in [0.1, 0.15) is 35.8 Å². The van der Waals surface area contributed by atoms with Gasteiger partial charge in [-0.3, -0.25) is 9.78 Å². The average Bonchev–Trinajstić information content (AvgIpc) is 3.33. The third-order valence-corrected chi connectivity index (χ3v) is 6.89. The molecule has 2 aromatic heterocycles. The first-order valence-electron chi connectivity index (χ1n) is 13.3. The molecule has 2 aromatic carbocycles. The van der Waals surface area contributed by atoms with Gasteiger partial charge in [0.25, 0.3) is 5.91 Å². The lowest BCUT2D eigenvalue weighted by molar-refractivity contribution is -0.117. The minimum Gasteiger partial charge on any atom is -0.394 e. The molecule has 4 aromatic rings. The van der Waals surface area contributed by atoms with E-state index in [0.717, 1.165) is 5.56 Å². The first-order chi connectivity index (χ1) is 19.6. The second-order valence-corrected chi connectivity index (χ2v) is 10.1. The largest absolute Gasteiger partial charge is 0.394 e. The Morgan fingerprint density at radius 1 is 0.878 bits per heavy atom. The summed E-state index contributed by atoms with van der Waals surface area (Å²) in [6.45, 7) is 2.71. The predicted molar refractivity (Wildman–Crippen MR) is 153 cm³/mol. The van der Waals surface area contributed by atoms with Gasteiger partial charge < -0.3 is 35.4 Å². The van der Waals surface area contributed by atoms with Gasteiger partial charge >= 0.3 is 0 Å². The van der Waals surface area contributed by atoms with Gasteiger partial charge in [-0.15, -0.1) is 0 Å². The number of aliphatic hydroxyl groups excluding tert-OH is 5. The number of carbonyl (C=O) groups excluding carboxylic acids is 1. The Bertz CT molecular complexity index is 1440. The van der Waals surface area contributed by atoms with Crippen LogP contribution in [-0.4, -0.2) is 72.0 Å². The lowest BCUT2D eigenvalue weighted by Crippen LogP contribution is -2.47. The van der Waals surface area contributed by atoms with E-state index in [9.17, 15) is 34.7 Å². The van der Waals surface area contributed by atoms with E-state index in [0.29, 0.717) is 33.8 Å².